The van der Waals surface area contributed by atoms with Crippen LogP contribution in [0.25, 0.3) is 0 Å². The van der Waals surface area contributed by atoms with Crippen molar-refractivity contribution in [3.8, 4) is 0 Å². The number of nitrogens with zero attached hydrogens (tertiary/aromatic N) is 2. The van der Waals surface area contributed by atoms with Crippen LogP contribution in [0.5, 0.6) is 0 Å². The lowest BCUT2D eigenvalue weighted by Gasteiger charge is -2.40. The minimum atomic E-state index is -0.506. The van der Waals surface area contributed by atoms with Crippen molar-refractivity contribution in [2.45, 2.75) is 58.8 Å². The summed E-state index contributed by atoms with van der Waals surface area (Å²) in [7, 11) is 0. The first-order chi connectivity index (χ1) is 15.3. The number of imide groups is 1. The molecule has 0 atom stereocenters. The van der Waals surface area contributed by atoms with Gasteiger partial charge in [-0.25, -0.2) is 10.0 Å². The molecule has 4 rings (SSSR count). The van der Waals surface area contributed by atoms with Crippen molar-refractivity contribution in [2.24, 2.45) is 0 Å². The maximum Gasteiger partial charge on any atom is 0.273 e. The van der Waals surface area contributed by atoms with Gasteiger partial charge in [0.25, 0.3) is 17.7 Å². The number of hydrogen-bond acceptors (Lipinski definition) is 4. The van der Waals surface area contributed by atoms with Gasteiger partial charge in [-0.1, -0.05) is 58.4 Å². The second-order valence-corrected chi connectivity index (χ2v) is 9.24. The van der Waals surface area contributed by atoms with Gasteiger partial charge < -0.3 is 0 Å². The average molecular weight is 434 g/mol. The molecule has 0 bridgehead atoms. The smallest absolute Gasteiger partial charge is 0.273 e. The molecule has 2 aliphatic rings. The Morgan fingerprint density at radius 2 is 1.47 bits per heavy atom. The monoisotopic (exact) mass is 433 g/mol. The lowest BCUT2D eigenvalue weighted by Crippen LogP contribution is -2.50. The molecule has 3 amide bonds. The van der Waals surface area contributed by atoms with Crippen molar-refractivity contribution < 1.29 is 14.4 Å². The van der Waals surface area contributed by atoms with Gasteiger partial charge in [0.2, 0.25) is 0 Å². The number of hydrazine groups is 1. The minimum absolute atomic E-state index is 0.178. The number of hydrogen-bond donors (Lipinski definition) is 1. The lowest BCUT2D eigenvalue weighted by atomic mass is 9.91. The summed E-state index contributed by atoms with van der Waals surface area (Å²) < 4.78 is 0. The first-order valence-corrected chi connectivity index (χ1v) is 11.5. The number of rotatable bonds is 5. The zero-order valence-corrected chi connectivity index (χ0v) is 19.3. The zero-order chi connectivity index (χ0) is 23.0. The van der Waals surface area contributed by atoms with E-state index < -0.39 is 11.8 Å². The van der Waals surface area contributed by atoms with Crippen molar-refractivity contribution in [3.05, 3.63) is 64.2 Å². The van der Waals surface area contributed by atoms with E-state index in [-0.39, 0.29) is 34.4 Å². The number of nitrogens with one attached hydrogen (secondary N) is 1. The Balaban J connectivity index is 1.93. The van der Waals surface area contributed by atoms with E-state index in [1.807, 2.05) is 0 Å². The minimum Gasteiger partial charge on any atom is -0.288 e. The fourth-order valence-electron chi connectivity index (χ4n) is 4.72. The summed E-state index contributed by atoms with van der Waals surface area (Å²) in [6, 6.07) is 11.2. The molecular weight excluding hydrogens is 402 g/mol. The number of fused-ring (bicyclic) bond motifs is 1. The summed E-state index contributed by atoms with van der Waals surface area (Å²) in [6.45, 7) is 10.1. The molecule has 2 aliphatic heterocycles. The fraction of sp³-hybridized carbons (Fsp3) is 0.423. The largest absolute Gasteiger partial charge is 0.288 e. The average Bonchev–Trinajstić information content (AvgIpc) is 3.08. The molecule has 1 N–H and O–H groups in total. The molecule has 168 valence electrons. The van der Waals surface area contributed by atoms with E-state index in [2.05, 4.69) is 56.2 Å². The van der Waals surface area contributed by atoms with E-state index in [1.165, 1.54) is 0 Å². The highest BCUT2D eigenvalue weighted by molar-refractivity contribution is 6.26. The molecule has 2 aromatic carbocycles. The van der Waals surface area contributed by atoms with Crippen LogP contribution in [0.3, 0.4) is 0 Å². The molecule has 0 aromatic heterocycles. The Bertz CT molecular complexity index is 1040. The van der Waals surface area contributed by atoms with E-state index in [4.69, 9.17) is 0 Å². The third-order valence-corrected chi connectivity index (χ3v) is 6.36. The van der Waals surface area contributed by atoms with Gasteiger partial charge in [0.15, 0.2) is 0 Å². The fourth-order valence-corrected chi connectivity index (χ4v) is 4.72. The van der Waals surface area contributed by atoms with Crippen LogP contribution < -0.4 is 10.3 Å². The first kappa shape index (κ1) is 22.2. The van der Waals surface area contributed by atoms with Gasteiger partial charge in [-0.3, -0.25) is 19.7 Å². The molecule has 2 heterocycles. The molecule has 0 radical (unpaired) electrons. The van der Waals surface area contributed by atoms with Gasteiger partial charge in [0, 0.05) is 13.1 Å². The van der Waals surface area contributed by atoms with Crippen molar-refractivity contribution in [3.63, 3.8) is 0 Å². The van der Waals surface area contributed by atoms with Crippen LogP contribution >= 0.6 is 0 Å². The maximum atomic E-state index is 14.2. The highest BCUT2D eigenvalue weighted by atomic mass is 16.2. The van der Waals surface area contributed by atoms with Crippen molar-refractivity contribution in [2.75, 3.05) is 18.1 Å². The summed E-state index contributed by atoms with van der Waals surface area (Å²) in [5.74, 6) is -0.780. The SMILES string of the molecule is CC(C)c1cccc(C(C)C)c1N(C(=O)c1cccc2c1C(=O)NC2=O)N1CCCCC1. The van der Waals surface area contributed by atoms with E-state index >= 15 is 0 Å². The summed E-state index contributed by atoms with van der Waals surface area (Å²) in [6.07, 6.45) is 3.16. The van der Waals surface area contributed by atoms with Gasteiger partial charge in [-0.2, -0.15) is 0 Å². The van der Waals surface area contributed by atoms with E-state index in [0.29, 0.717) is 0 Å². The molecule has 2 aromatic rings. The van der Waals surface area contributed by atoms with Crippen LogP contribution in [0, 0.1) is 0 Å². The van der Waals surface area contributed by atoms with Crippen LogP contribution in [0.4, 0.5) is 5.69 Å². The molecule has 0 saturated carbocycles. The van der Waals surface area contributed by atoms with Gasteiger partial charge in [-0.05, 0) is 47.9 Å². The molecule has 6 heteroatoms. The number of benzene rings is 2. The van der Waals surface area contributed by atoms with Gasteiger partial charge >= 0.3 is 0 Å². The normalized spacial score (nSPS) is 16.4. The summed E-state index contributed by atoms with van der Waals surface area (Å²) in [5, 5.41) is 6.25. The Labute approximate surface area is 189 Å². The van der Waals surface area contributed by atoms with E-state index in [1.54, 1.807) is 23.2 Å². The lowest BCUT2D eigenvalue weighted by molar-refractivity contribution is 0.0849. The molecule has 0 unspecified atom stereocenters. The standard InChI is InChI=1S/C26H31N3O3/c1-16(2)18-10-8-11-19(17(3)4)23(18)29(28-14-6-5-7-15-28)26(32)21-13-9-12-20-22(21)25(31)27-24(20)30/h8-13,16-17H,5-7,14-15H2,1-4H3,(H,27,30,31). The van der Waals surface area contributed by atoms with Crippen molar-refractivity contribution in [1.82, 2.24) is 10.3 Å². The van der Waals surface area contributed by atoms with Crippen molar-refractivity contribution >= 4 is 23.4 Å². The molecule has 32 heavy (non-hydrogen) atoms. The second-order valence-electron chi connectivity index (χ2n) is 9.24. The quantitative estimate of drug-likeness (QED) is 0.684. The first-order valence-electron chi connectivity index (χ1n) is 11.5. The number of carbonyl (C=O) groups is 3. The maximum absolute atomic E-state index is 14.2. The van der Waals surface area contributed by atoms with Crippen LogP contribution in [-0.4, -0.2) is 35.8 Å². The highest BCUT2D eigenvalue weighted by Gasteiger charge is 2.36. The van der Waals surface area contributed by atoms with Crippen LogP contribution in [0.2, 0.25) is 0 Å². The molecule has 1 saturated heterocycles. The summed E-state index contributed by atoms with van der Waals surface area (Å²) in [4.78, 5) is 39.0. The predicted molar refractivity (Wildman–Crippen MR) is 125 cm³/mol. The third-order valence-electron chi connectivity index (χ3n) is 6.36. The Morgan fingerprint density at radius 1 is 0.875 bits per heavy atom. The Hall–Kier alpha value is -2.99. The van der Waals surface area contributed by atoms with Gasteiger partial charge in [0.1, 0.15) is 0 Å². The number of amides is 3. The van der Waals surface area contributed by atoms with E-state index in [0.717, 1.165) is 49.2 Å². The number of carbonyl (C=O) groups excluding carboxylic acids is 3. The highest BCUT2D eigenvalue weighted by Crippen LogP contribution is 2.38. The zero-order valence-electron chi connectivity index (χ0n) is 19.3. The molecule has 0 aliphatic carbocycles. The molecule has 6 nitrogen and oxygen atoms in total. The third kappa shape index (κ3) is 3.84. The van der Waals surface area contributed by atoms with Crippen LogP contribution in [0.1, 0.15) is 101 Å². The molecular formula is C26H31N3O3. The van der Waals surface area contributed by atoms with Crippen molar-refractivity contribution in [1.29, 1.82) is 0 Å². The summed E-state index contributed by atoms with van der Waals surface area (Å²) in [5.41, 5.74) is 3.82. The Kier molecular flexibility index (Phi) is 6.15. The second kappa shape index (κ2) is 8.87. The number of para-hydroxylation sites is 1. The summed E-state index contributed by atoms with van der Waals surface area (Å²) >= 11 is 0. The Morgan fingerprint density at radius 3 is 2.06 bits per heavy atom. The topological polar surface area (TPSA) is 69.7 Å². The van der Waals surface area contributed by atoms with Gasteiger partial charge in [0.05, 0.1) is 22.4 Å². The number of anilines is 1. The predicted octanol–water partition coefficient (Wildman–Crippen LogP) is 4.86. The van der Waals surface area contributed by atoms with Gasteiger partial charge in [-0.15, -0.1) is 0 Å². The molecule has 1 fully saturated rings. The molecule has 0 spiro atoms. The van der Waals surface area contributed by atoms with Crippen LogP contribution in [-0.2, 0) is 0 Å². The van der Waals surface area contributed by atoms with E-state index in [9.17, 15) is 14.4 Å². The van der Waals surface area contributed by atoms with Crippen LogP contribution in [0.15, 0.2) is 36.4 Å². The number of piperidine rings is 1.